The lowest BCUT2D eigenvalue weighted by atomic mass is 10.1. The van der Waals surface area contributed by atoms with E-state index in [9.17, 15) is 8.42 Å². The molecule has 0 fully saturated rings. The Morgan fingerprint density at radius 1 is 0.909 bits per heavy atom. The first-order valence-electron chi connectivity index (χ1n) is 7.68. The third-order valence-electron chi connectivity index (χ3n) is 3.65. The lowest BCUT2D eigenvalue weighted by Crippen LogP contribution is -2.17. The number of aryl methyl sites for hydroxylation is 2. The summed E-state index contributed by atoms with van der Waals surface area (Å²) in [5, 5.41) is 0. The van der Waals surface area contributed by atoms with Gasteiger partial charge >= 0.3 is 0 Å². The summed E-state index contributed by atoms with van der Waals surface area (Å²) in [6, 6.07) is 14.2. The van der Waals surface area contributed by atoms with Crippen LogP contribution in [-0.2, 0) is 22.9 Å². The molecular formula is C17H23NO2S2. The van der Waals surface area contributed by atoms with Gasteiger partial charge in [0, 0.05) is 4.88 Å². The third kappa shape index (κ3) is 5.23. The Morgan fingerprint density at radius 3 is 2.27 bits per heavy atom. The van der Waals surface area contributed by atoms with Crippen molar-refractivity contribution in [2.24, 2.45) is 0 Å². The van der Waals surface area contributed by atoms with Crippen molar-refractivity contribution in [2.75, 3.05) is 7.05 Å². The van der Waals surface area contributed by atoms with Crippen molar-refractivity contribution in [3.05, 3.63) is 52.9 Å². The Balaban J connectivity index is 1.65. The van der Waals surface area contributed by atoms with Gasteiger partial charge in [-0.1, -0.05) is 43.2 Å². The van der Waals surface area contributed by atoms with Crippen LogP contribution >= 0.6 is 11.3 Å². The smallest absolute Gasteiger partial charge is 0.214 e. The van der Waals surface area contributed by atoms with Crippen molar-refractivity contribution in [1.82, 2.24) is 4.72 Å². The van der Waals surface area contributed by atoms with E-state index in [0.717, 1.165) is 24.1 Å². The van der Waals surface area contributed by atoms with Gasteiger partial charge in [-0.15, -0.1) is 11.3 Å². The van der Waals surface area contributed by atoms with Crippen LogP contribution in [-0.4, -0.2) is 15.5 Å². The van der Waals surface area contributed by atoms with E-state index in [1.54, 1.807) is 6.07 Å². The minimum absolute atomic E-state index is 0.411. The zero-order valence-electron chi connectivity index (χ0n) is 12.9. The number of hydrogen-bond acceptors (Lipinski definition) is 3. The molecule has 120 valence electrons. The van der Waals surface area contributed by atoms with Crippen molar-refractivity contribution in [3.63, 3.8) is 0 Å². The molecule has 1 N–H and O–H groups in total. The van der Waals surface area contributed by atoms with Gasteiger partial charge in [-0.05, 0) is 50.4 Å². The second-order valence-electron chi connectivity index (χ2n) is 5.33. The fourth-order valence-electron chi connectivity index (χ4n) is 2.36. The molecule has 1 aromatic carbocycles. The minimum atomic E-state index is -3.28. The van der Waals surface area contributed by atoms with E-state index in [2.05, 4.69) is 29.0 Å². The van der Waals surface area contributed by atoms with Gasteiger partial charge in [-0.25, -0.2) is 13.1 Å². The quantitative estimate of drug-likeness (QED) is 0.703. The summed E-state index contributed by atoms with van der Waals surface area (Å²) in [5.41, 5.74) is 1.41. The number of sulfonamides is 1. The average molecular weight is 338 g/mol. The summed E-state index contributed by atoms with van der Waals surface area (Å²) >= 11 is 1.37. The van der Waals surface area contributed by atoms with E-state index in [1.807, 2.05) is 12.1 Å². The second-order valence-corrected chi connectivity index (χ2v) is 8.61. The molecule has 0 bridgehead atoms. The van der Waals surface area contributed by atoms with E-state index in [0.29, 0.717) is 4.21 Å². The number of thiophene rings is 1. The molecule has 0 radical (unpaired) electrons. The Hall–Kier alpha value is -1.17. The molecule has 0 atom stereocenters. The summed E-state index contributed by atoms with van der Waals surface area (Å²) in [6.45, 7) is 0. The normalized spacial score (nSPS) is 11.7. The molecular weight excluding hydrogens is 314 g/mol. The average Bonchev–Trinajstić information content (AvgIpc) is 3.01. The number of unbranched alkanes of at least 4 members (excludes halogenated alkanes) is 3. The first-order chi connectivity index (χ1) is 10.6. The van der Waals surface area contributed by atoms with Gasteiger partial charge < -0.3 is 0 Å². The maximum Gasteiger partial charge on any atom is 0.249 e. The van der Waals surface area contributed by atoms with Gasteiger partial charge in [0.25, 0.3) is 0 Å². The topological polar surface area (TPSA) is 46.2 Å². The van der Waals surface area contributed by atoms with Gasteiger partial charge in [0.15, 0.2) is 0 Å². The van der Waals surface area contributed by atoms with Crippen LogP contribution in [0.25, 0.3) is 0 Å². The maximum atomic E-state index is 11.7. The van der Waals surface area contributed by atoms with Crippen LogP contribution in [0.1, 0.15) is 36.1 Å². The molecule has 1 aromatic heterocycles. The Kier molecular flexibility index (Phi) is 6.61. The molecule has 0 amide bonds. The lowest BCUT2D eigenvalue weighted by molar-refractivity contribution is 0.590. The molecule has 0 aliphatic carbocycles. The summed E-state index contributed by atoms with van der Waals surface area (Å²) in [7, 11) is -1.83. The molecule has 5 heteroatoms. The van der Waals surface area contributed by atoms with E-state index < -0.39 is 10.0 Å². The highest BCUT2D eigenvalue weighted by Crippen LogP contribution is 2.23. The van der Waals surface area contributed by atoms with Crippen LogP contribution in [0.4, 0.5) is 0 Å². The van der Waals surface area contributed by atoms with Crippen LogP contribution in [0.5, 0.6) is 0 Å². The molecule has 0 unspecified atom stereocenters. The molecule has 2 rings (SSSR count). The van der Waals surface area contributed by atoms with Gasteiger partial charge in [-0.2, -0.15) is 0 Å². The molecule has 0 spiro atoms. The van der Waals surface area contributed by atoms with Gasteiger partial charge in [0.05, 0.1) is 0 Å². The van der Waals surface area contributed by atoms with Gasteiger partial charge in [0.2, 0.25) is 10.0 Å². The fraction of sp³-hybridized carbons (Fsp3) is 0.412. The third-order valence-corrected chi connectivity index (χ3v) is 6.70. The summed E-state index contributed by atoms with van der Waals surface area (Å²) in [6.07, 6.45) is 6.86. The molecule has 1 heterocycles. The maximum absolute atomic E-state index is 11.7. The summed E-state index contributed by atoms with van der Waals surface area (Å²) in [4.78, 5) is 1.15. The van der Waals surface area contributed by atoms with E-state index in [4.69, 9.17) is 0 Å². The molecule has 22 heavy (non-hydrogen) atoms. The van der Waals surface area contributed by atoms with Crippen LogP contribution in [0.15, 0.2) is 46.7 Å². The van der Waals surface area contributed by atoms with E-state index in [-0.39, 0.29) is 0 Å². The van der Waals surface area contributed by atoms with E-state index in [1.165, 1.54) is 43.2 Å². The van der Waals surface area contributed by atoms with Crippen LogP contribution in [0.3, 0.4) is 0 Å². The van der Waals surface area contributed by atoms with Gasteiger partial charge in [-0.3, -0.25) is 0 Å². The molecule has 0 aliphatic rings. The Labute approximate surface area is 137 Å². The van der Waals surface area contributed by atoms with Crippen molar-refractivity contribution in [1.29, 1.82) is 0 Å². The molecule has 3 nitrogen and oxygen atoms in total. The number of benzene rings is 1. The molecule has 0 aliphatic heterocycles. The summed E-state index contributed by atoms with van der Waals surface area (Å²) < 4.78 is 26.1. The van der Waals surface area contributed by atoms with Gasteiger partial charge in [0.1, 0.15) is 4.21 Å². The standard InChI is InChI=1S/C17H23NO2S2/c1-18-22(19,20)17-14-13-16(21-17)12-8-3-2-5-9-15-10-6-4-7-11-15/h4,6-7,10-11,13-14,18H,2-3,5,8-9,12H2,1H3. The van der Waals surface area contributed by atoms with E-state index >= 15 is 0 Å². The van der Waals surface area contributed by atoms with Crippen LogP contribution in [0, 0.1) is 0 Å². The van der Waals surface area contributed by atoms with Crippen LogP contribution < -0.4 is 4.72 Å². The zero-order chi connectivity index (χ0) is 15.8. The predicted octanol–water partition coefficient (Wildman–Crippen LogP) is 4.00. The highest BCUT2D eigenvalue weighted by Gasteiger charge is 2.13. The Bertz CT molecular complexity index is 663. The van der Waals surface area contributed by atoms with Crippen molar-refractivity contribution in [2.45, 2.75) is 42.7 Å². The minimum Gasteiger partial charge on any atom is -0.214 e. The fourth-order valence-corrected chi connectivity index (χ4v) is 4.60. The molecule has 2 aromatic rings. The van der Waals surface area contributed by atoms with Crippen molar-refractivity contribution >= 4 is 21.4 Å². The predicted molar refractivity (Wildman–Crippen MR) is 92.9 cm³/mol. The van der Waals surface area contributed by atoms with Crippen molar-refractivity contribution in [3.8, 4) is 0 Å². The lowest BCUT2D eigenvalue weighted by Gasteiger charge is -2.02. The van der Waals surface area contributed by atoms with Crippen molar-refractivity contribution < 1.29 is 8.42 Å². The Morgan fingerprint density at radius 2 is 1.59 bits per heavy atom. The zero-order valence-corrected chi connectivity index (χ0v) is 14.6. The number of nitrogens with one attached hydrogen (secondary N) is 1. The number of rotatable bonds is 9. The highest BCUT2D eigenvalue weighted by molar-refractivity contribution is 7.91. The first-order valence-corrected chi connectivity index (χ1v) is 9.98. The van der Waals surface area contributed by atoms with Crippen LogP contribution in [0.2, 0.25) is 0 Å². The second kappa shape index (κ2) is 8.46. The molecule has 0 saturated carbocycles. The molecule has 0 saturated heterocycles. The first kappa shape index (κ1) is 17.2. The largest absolute Gasteiger partial charge is 0.249 e. The summed E-state index contributed by atoms with van der Waals surface area (Å²) in [5.74, 6) is 0. The number of hydrogen-bond donors (Lipinski definition) is 1. The highest BCUT2D eigenvalue weighted by atomic mass is 32.2. The monoisotopic (exact) mass is 337 g/mol. The SMILES string of the molecule is CNS(=O)(=O)c1ccc(CCCCCCc2ccccc2)s1.